The van der Waals surface area contributed by atoms with Crippen LogP contribution in [-0.2, 0) is 37.2 Å². The second-order valence-corrected chi connectivity index (χ2v) is 9.39. The van der Waals surface area contributed by atoms with E-state index in [2.05, 4.69) is 0 Å². The van der Waals surface area contributed by atoms with E-state index in [4.69, 9.17) is 7.38 Å². The van der Waals surface area contributed by atoms with Gasteiger partial charge in [-0.15, -0.1) is 0 Å². The fraction of sp³-hybridized carbons (Fsp3) is 0.818. The Kier molecular flexibility index (Phi) is 6.23. The molecule has 0 N–H and O–H groups in total. The first-order valence-electron chi connectivity index (χ1n) is 6.06. The molecule has 0 bridgehead atoms. The molecule has 0 aromatic carbocycles. The van der Waals surface area contributed by atoms with Gasteiger partial charge in [0, 0.05) is 0 Å². The Morgan fingerprint density at radius 1 is 1.41 bits per heavy atom. The van der Waals surface area contributed by atoms with Crippen molar-refractivity contribution in [1.82, 2.24) is 4.90 Å². The fourth-order valence-corrected chi connectivity index (χ4v) is 7.18. The van der Waals surface area contributed by atoms with Crippen molar-refractivity contribution in [1.29, 1.82) is 0 Å². The minimum absolute atomic E-state index is 0.180. The Hall–Kier alpha value is -0.325. The fourth-order valence-electron chi connectivity index (χ4n) is 2.34. The molecule has 2 unspecified atom stereocenters. The van der Waals surface area contributed by atoms with Crippen LogP contribution in [0.1, 0.15) is 33.1 Å². The molecule has 1 rings (SSSR count). The zero-order valence-corrected chi connectivity index (χ0v) is 16.3. The van der Waals surface area contributed by atoms with Crippen LogP contribution in [0.2, 0.25) is 3.93 Å². The van der Waals surface area contributed by atoms with Gasteiger partial charge in [0.15, 0.2) is 0 Å². The van der Waals surface area contributed by atoms with E-state index in [0.29, 0.717) is 0 Å². The summed E-state index contributed by atoms with van der Waals surface area (Å²) in [7, 11) is 1.41. The van der Waals surface area contributed by atoms with Crippen molar-refractivity contribution in [2.24, 2.45) is 0 Å². The van der Waals surface area contributed by atoms with Gasteiger partial charge in [-0.05, 0) is 0 Å². The number of piperidine rings is 1. The Balaban J connectivity index is 2.53. The van der Waals surface area contributed by atoms with E-state index in [1.807, 2.05) is 11.8 Å². The summed E-state index contributed by atoms with van der Waals surface area (Å²) in [6.45, 7) is 3.49. The Bertz CT molecular complexity index is 285. The van der Waals surface area contributed by atoms with Gasteiger partial charge in [-0.2, -0.15) is 0 Å². The molecule has 1 heterocycles. The molecular weight excluding hydrogens is 411 g/mol. The van der Waals surface area contributed by atoms with Crippen molar-refractivity contribution in [3.63, 3.8) is 0 Å². The number of methoxy groups -OCH3 is 1. The first-order chi connectivity index (χ1) is 8.06. The van der Waals surface area contributed by atoms with E-state index in [9.17, 15) is 9.59 Å². The van der Waals surface area contributed by atoms with E-state index in [1.165, 1.54) is 14.0 Å². The van der Waals surface area contributed by atoms with E-state index in [0.717, 1.165) is 23.2 Å². The Morgan fingerprint density at radius 3 is 2.71 bits per heavy atom. The van der Waals surface area contributed by atoms with Crippen LogP contribution in [0.3, 0.4) is 0 Å². The van der Waals surface area contributed by atoms with Crippen molar-refractivity contribution in [3.05, 3.63) is 0 Å². The van der Waals surface area contributed by atoms with E-state index >= 15 is 0 Å². The van der Waals surface area contributed by atoms with Crippen molar-refractivity contribution < 1.29 is 42.0 Å². The third kappa shape index (κ3) is 4.45. The average Bonchev–Trinajstić information content (AvgIpc) is 2.28. The van der Waals surface area contributed by atoms with Crippen LogP contribution in [0.15, 0.2) is 0 Å². The molecule has 94 valence electrons. The Morgan fingerprint density at radius 2 is 2.12 bits per heavy atom. The molecule has 6 heteroatoms. The molecule has 1 aliphatic rings. The van der Waals surface area contributed by atoms with Gasteiger partial charge in [-0.3, -0.25) is 0 Å². The summed E-state index contributed by atoms with van der Waals surface area (Å²) >= 11 is -1.62. The van der Waals surface area contributed by atoms with E-state index < -0.39 is 25.0 Å². The van der Waals surface area contributed by atoms with Gasteiger partial charge < -0.3 is 0 Å². The number of hydrogen-bond acceptors (Lipinski definition) is 4. The van der Waals surface area contributed by atoms with Gasteiger partial charge in [0.25, 0.3) is 0 Å². The van der Waals surface area contributed by atoms with Gasteiger partial charge in [-0.25, -0.2) is 0 Å². The van der Waals surface area contributed by atoms with Crippen molar-refractivity contribution in [2.75, 3.05) is 7.11 Å². The number of carbonyl (C=O) groups is 2. The summed E-state index contributed by atoms with van der Waals surface area (Å²) in [6, 6.07) is 0.444. The van der Waals surface area contributed by atoms with Crippen LogP contribution in [0.5, 0.6) is 0 Å². The zero-order valence-electron chi connectivity index (χ0n) is 10.8. The molecule has 2 atom stereocenters. The van der Waals surface area contributed by atoms with Crippen LogP contribution in [0, 0.1) is 0 Å². The Labute approximate surface area is 115 Å². The van der Waals surface area contributed by atoms with Crippen LogP contribution >= 0.6 is 0 Å². The second kappa shape index (κ2) is 7.19. The van der Waals surface area contributed by atoms with Gasteiger partial charge in [0.1, 0.15) is 0 Å². The van der Waals surface area contributed by atoms with Crippen molar-refractivity contribution in [3.8, 4) is 0 Å². The molecule has 0 radical (unpaired) electrons. The molecule has 17 heavy (non-hydrogen) atoms. The molecule has 1 saturated heterocycles. The molecule has 0 aromatic heterocycles. The maximum atomic E-state index is 11.7. The molecule has 1 aliphatic heterocycles. The second-order valence-electron chi connectivity index (χ2n) is 4.44. The van der Waals surface area contributed by atoms with E-state index in [1.54, 1.807) is 0 Å². The van der Waals surface area contributed by atoms with Crippen LogP contribution in [0.4, 0.5) is 4.79 Å². The predicted molar refractivity (Wildman–Crippen MR) is 57.9 cm³/mol. The molecule has 0 aliphatic carbocycles. The van der Waals surface area contributed by atoms with Crippen molar-refractivity contribution in [2.45, 2.75) is 49.1 Å². The molecule has 5 nitrogen and oxygen atoms in total. The molecular formula is C11H19HgNO4. The molecule has 1 fully saturated rings. The summed E-state index contributed by atoms with van der Waals surface area (Å²) < 4.78 is 10.9. The van der Waals surface area contributed by atoms with Gasteiger partial charge in [0.05, 0.1) is 0 Å². The molecule has 0 spiro atoms. The normalized spacial score (nSPS) is 23.8. The standard InChI is InChI=1S/C9H16NO2.C2H4O2.Hg/c1-7-5-4-6-8(2)10(7)9(11)12-3;1-2(3)4;/h7-8H,1,4-6H2,2-3H3;1H3,(H,3,4);/q;;+1/p-1. The number of carbonyl (C=O) groups excluding carboxylic acids is 2. The number of nitrogens with zero attached hydrogens (tertiary/aromatic N) is 1. The van der Waals surface area contributed by atoms with Gasteiger partial charge in [0.2, 0.25) is 0 Å². The third-order valence-corrected chi connectivity index (χ3v) is 9.05. The van der Waals surface area contributed by atoms with Gasteiger partial charge >= 0.3 is 115 Å². The summed E-state index contributed by atoms with van der Waals surface area (Å²) in [6.07, 6.45) is 2.91. The minimum atomic E-state index is -1.62. The van der Waals surface area contributed by atoms with Crippen LogP contribution in [0.25, 0.3) is 0 Å². The quantitative estimate of drug-likeness (QED) is 0.644. The van der Waals surface area contributed by atoms with E-state index in [-0.39, 0.29) is 24.1 Å². The topological polar surface area (TPSA) is 55.8 Å². The van der Waals surface area contributed by atoms with Crippen molar-refractivity contribution >= 4 is 12.1 Å². The average molecular weight is 430 g/mol. The predicted octanol–water partition coefficient (Wildman–Crippen LogP) is 1.97. The first kappa shape index (κ1) is 14.7. The molecule has 1 amide bonds. The zero-order chi connectivity index (χ0) is 12.8. The summed E-state index contributed by atoms with van der Waals surface area (Å²) in [5.41, 5.74) is 0. The summed E-state index contributed by atoms with van der Waals surface area (Å²) in [5, 5.41) is 0. The first-order valence-corrected chi connectivity index (χ1v) is 12.2. The number of rotatable bonds is 3. The summed E-state index contributed by atoms with van der Waals surface area (Å²) in [5.74, 6) is -0.180. The summed E-state index contributed by atoms with van der Waals surface area (Å²) in [4.78, 5) is 24.3. The molecule has 0 aromatic rings. The maximum absolute atomic E-state index is 11.7. The van der Waals surface area contributed by atoms with Gasteiger partial charge in [-0.1, -0.05) is 0 Å². The van der Waals surface area contributed by atoms with Crippen LogP contribution in [-0.4, -0.2) is 36.2 Å². The number of ether oxygens (including phenoxy) is 1. The third-order valence-electron chi connectivity index (χ3n) is 3.17. The van der Waals surface area contributed by atoms with Crippen LogP contribution < -0.4 is 0 Å². The monoisotopic (exact) mass is 431 g/mol. The number of likely N-dealkylation sites (tertiary alicyclic amines) is 1. The molecule has 0 saturated carbocycles. The SMILES string of the molecule is COC(=O)N1C(C)CCCC1[CH2][Hg][O]C(C)=O. The number of amides is 1. The number of hydrogen-bond donors (Lipinski definition) is 0.